The molecule has 3 aromatic rings. The fourth-order valence-corrected chi connectivity index (χ4v) is 8.18. The molecule has 1 atom stereocenters. The molecule has 0 saturated carbocycles. The first-order valence-electron chi connectivity index (χ1n) is 13.5. The van der Waals surface area contributed by atoms with E-state index >= 15 is 0 Å². The van der Waals surface area contributed by atoms with Crippen LogP contribution in [0.25, 0.3) is 10.2 Å². The SMILES string of the molecule is Cc1ccc(C)c2sc(N3CCN(CCNC(=O)c4ccc(S(=O)(=O)N5CCCCC5C)cc4)CC3)nc12. The van der Waals surface area contributed by atoms with E-state index in [4.69, 9.17) is 4.98 Å². The Morgan fingerprint density at radius 1 is 1.00 bits per heavy atom. The number of aromatic nitrogens is 1. The highest BCUT2D eigenvalue weighted by atomic mass is 32.2. The Labute approximate surface area is 229 Å². The van der Waals surface area contributed by atoms with Crippen molar-refractivity contribution in [2.24, 2.45) is 0 Å². The maximum atomic E-state index is 13.0. The van der Waals surface area contributed by atoms with Crippen LogP contribution in [-0.4, -0.2) is 80.4 Å². The zero-order chi connectivity index (χ0) is 26.9. The van der Waals surface area contributed by atoms with Crippen LogP contribution in [0, 0.1) is 13.8 Å². The molecule has 1 N–H and O–H groups in total. The van der Waals surface area contributed by atoms with Gasteiger partial charge >= 0.3 is 0 Å². The maximum absolute atomic E-state index is 13.0. The van der Waals surface area contributed by atoms with Crippen molar-refractivity contribution in [3.8, 4) is 0 Å². The summed E-state index contributed by atoms with van der Waals surface area (Å²) in [4.78, 5) is 22.6. The summed E-state index contributed by atoms with van der Waals surface area (Å²) in [6.45, 7) is 11.8. The van der Waals surface area contributed by atoms with E-state index in [1.54, 1.807) is 39.9 Å². The van der Waals surface area contributed by atoms with Gasteiger partial charge in [-0.05, 0) is 69.0 Å². The molecule has 0 spiro atoms. The first-order valence-corrected chi connectivity index (χ1v) is 15.7. The van der Waals surface area contributed by atoms with Crippen LogP contribution >= 0.6 is 11.3 Å². The minimum atomic E-state index is -3.53. The van der Waals surface area contributed by atoms with Crippen LogP contribution in [0.15, 0.2) is 41.3 Å². The van der Waals surface area contributed by atoms with Gasteiger partial charge in [0.2, 0.25) is 10.0 Å². The average molecular weight is 556 g/mol. The Balaban J connectivity index is 1.10. The lowest BCUT2D eigenvalue weighted by molar-refractivity contribution is 0.0947. The van der Waals surface area contributed by atoms with Gasteiger partial charge in [0, 0.05) is 57.4 Å². The summed E-state index contributed by atoms with van der Waals surface area (Å²) >= 11 is 1.77. The van der Waals surface area contributed by atoms with E-state index in [2.05, 4.69) is 41.1 Å². The van der Waals surface area contributed by atoms with Gasteiger partial charge in [0.25, 0.3) is 5.91 Å². The summed E-state index contributed by atoms with van der Waals surface area (Å²) in [7, 11) is -3.53. The van der Waals surface area contributed by atoms with Crippen LogP contribution in [0.3, 0.4) is 0 Å². The molecular formula is C28H37N5O3S2. The van der Waals surface area contributed by atoms with Gasteiger partial charge in [0.1, 0.15) is 0 Å². The second kappa shape index (κ2) is 11.3. The highest BCUT2D eigenvalue weighted by Gasteiger charge is 2.31. The molecule has 0 aliphatic carbocycles. The predicted octanol–water partition coefficient (Wildman–Crippen LogP) is 4.03. The molecule has 1 amide bonds. The lowest BCUT2D eigenvalue weighted by Gasteiger charge is -2.34. The van der Waals surface area contributed by atoms with Gasteiger partial charge in [-0.25, -0.2) is 13.4 Å². The number of fused-ring (bicyclic) bond motifs is 1. The van der Waals surface area contributed by atoms with Crippen LogP contribution in [0.5, 0.6) is 0 Å². The number of anilines is 1. The molecule has 10 heteroatoms. The maximum Gasteiger partial charge on any atom is 0.251 e. The highest BCUT2D eigenvalue weighted by Crippen LogP contribution is 2.33. The molecule has 1 aromatic heterocycles. The molecule has 3 heterocycles. The normalized spacial score (nSPS) is 19.7. The number of hydrogen-bond donors (Lipinski definition) is 1. The second-order valence-corrected chi connectivity index (χ2v) is 13.3. The molecule has 8 nitrogen and oxygen atoms in total. The predicted molar refractivity (Wildman–Crippen MR) is 154 cm³/mol. The number of nitrogens with zero attached hydrogens (tertiary/aromatic N) is 4. The lowest BCUT2D eigenvalue weighted by Crippen LogP contribution is -2.48. The molecule has 2 aliphatic heterocycles. The Kier molecular flexibility index (Phi) is 8.04. The number of amides is 1. The van der Waals surface area contributed by atoms with Crippen molar-refractivity contribution in [3.63, 3.8) is 0 Å². The monoisotopic (exact) mass is 555 g/mol. The smallest absolute Gasteiger partial charge is 0.251 e. The number of carbonyl (C=O) groups is 1. The average Bonchev–Trinajstić information content (AvgIpc) is 3.38. The van der Waals surface area contributed by atoms with E-state index in [9.17, 15) is 13.2 Å². The number of carbonyl (C=O) groups excluding carboxylic acids is 1. The molecule has 38 heavy (non-hydrogen) atoms. The molecule has 1 unspecified atom stereocenters. The number of aryl methyl sites for hydroxylation is 2. The van der Waals surface area contributed by atoms with Crippen LogP contribution in [0.4, 0.5) is 5.13 Å². The van der Waals surface area contributed by atoms with Crippen molar-refractivity contribution >= 4 is 42.6 Å². The van der Waals surface area contributed by atoms with E-state index in [1.165, 1.54) is 15.8 Å². The quantitative estimate of drug-likeness (QED) is 0.474. The van der Waals surface area contributed by atoms with E-state index in [0.29, 0.717) is 18.7 Å². The Hall–Kier alpha value is -2.53. The van der Waals surface area contributed by atoms with Crippen molar-refractivity contribution in [3.05, 3.63) is 53.1 Å². The van der Waals surface area contributed by atoms with Crippen molar-refractivity contribution < 1.29 is 13.2 Å². The molecule has 0 bridgehead atoms. The van der Waals surface area contributed by atoms with E-state index in [-0.39, 0.29) is 16.8 Å². The number of benzene rings is 2. The fraction of sp³-hybridized carbons (Fsp3) is 0.500. The zero-order valence-electron chi connectivity index (χ0n) is 22.4. The third kappa shape index (κ3) is 5.59. The summed E-state index contributed by atoms with van der Waals surface area (Å²) in [6, 6.07) is 10.6. The van der Waals surface area contributed by atoms with Gasteiger partial charge in [0.05, 0.1) is 15.1 Å². The number of rotatable bonds is 7. The topological polar surface area (TPSA) is 85.8 Å². The Morgan fingerprint density at radius 3 is 2.39 bits per heavy atom. The standard InChI is InChI=1S/C28H37N5O3S2/c1-20-7-8-21(2)26-25(20)30-28(37-26)32-18-16-31(17-19-32)15-13-29-27(34)23-9-11-24(12-10-23)38(35,36)33-14-5-4-6-22(33)3/h7-12,22H,4-6,13-19H2,1-3H3,(H,29,34). The third-order valence-corrected chi connectivity index (χ3v) is 11.0. The van der Waals surface area contributed by atoms with Gasteiger partial charge in [-0.15, -0.1) is 0 Å². The Morgan fingerprint density at radius 2 is 1.71 bits per heavy atom. The van der Waals surface area contributed by atoms with Gasteiger partial charge in [-0.1, -0.05) is 29.9 Å². The van der Waals surface area contributed by atoms with Gasteiger partial charge in [0.15, 0.2) is 5.13 Å². The largest absolute Gasteiger partial charge is 0.351 e. The summed E-state index contributed by atoms with van der Waals surface area (Å²) < 4.78 is 28.9. The minimum absolute atomic E-state index is 0.00759. The first kappa shape index (κ1) is 27.1. The minimum Gasteiger partial charge on any atom is -0.351 e. The second-order valence-electron chi connectivity index (χ2n) is 10.4. The van der Waals surface area contributed by atoms with Crippen molar-refractivity contribution in [1.82, 2.24) is 19.5 Å². The van der Waals surface area contributed by atoms with Crippen LogP contribution in [-0.2, 0) is 10.0 Å². The van der Waals surface area contributed by atoms with Crippen LogP contribution < -0.4 is 10.2 Å². The van der Waals surface area contributed by atoms with Crippen LogP contribution in [0.1, 0.15) is 47.7 Å². The molecular weight excluding hydrogens is 518 g/mol. The molecule has 5 rings (SSSR count). The van der Waals surface area contributed by atoms with Crippen LogP contribution in [0.2, 0.25) is 0 Å². The summed E-state index contributed by atoms with van der Waals surface area (Å²) in [6.07, 6.45) is 2.83. The van der Waals surface area contributed by atoms with E-state index in [1.807, 2.05) is 6.92 Å². The number of nitrogens with one attached hydrogen (secondary N) is 1. The number of sulfonamides is 1. The zero-order valence-corrected chi connectivity index (χ0v) is 24.1. The fourth-order valence-electron chi connectivity index (χ4n) is 5.32. The molecule has 2 fully saturated rings. The van der Waals surface area contributed by atoms with Crippen molar-refractivity contribution in [1.29, 1.82) is 0 Å². The number of hydrogen-bond acceptors (Lipinski definition) is 7. The summed E-state index contributed by atoms with van der Waals surface area (Å²) in [5.74, 6) is -0.181. The van der Waals surface area contributed by atoms with Gasteiger partial charge in [-0.3, -0.25) is 9.69 Å². The molecule has 0 radical (unpaired) electrons. The third-order valence-electron chi connectivity index (χ3n) is 7.75. The molecule has 2 aromatic carbocycles. The number of thiazole rings is 1. The molecule has 2 aliphatic rings. The first-order chi connectivity index (χ1) is 18.2. The van der Waals surface area contributed by atoms with E-state index < -0.39 is 10.0 Å². The van der Waals surface area contributed by atoms with Crippen molar-refractivity contribution in [2.45, 2.75) is 51.0 Å². The van der Waals surface area contributed by atoms with E-state index in [0.717, 1.165) is 62.6 Å². The number of piperazine rings is 1. The lowest BCUT2D eigenvalue weighted by atomic mass is 10.1. The molecule has 2 saturated heterocycles. The summed E-state index contributed by atoms with van der Waals surface area (Å²) in [5, 5.41) is 4.07. The summed E-state index contributed by atoms with van der Waals surface area (Å²) in [5.41, 5.74) is 4.08. The van der Waals surface area contributed by atoms with Crippen molar-refractivity contribution in [2.75, 3.05) is 50.7 Å². The van der Waals surface area contributed by atoms with Gasteiger partial charge in [-0.2, -0.15) is 4.31 Å². The Bertz CT molecular complexity index is 1360. The number of piperidine rings is 1. The van der Waals surface area contributed by atoms with Gasteiger partial charge < -0.3 is 10.2 Å². The highest BCUT2D eigenvalue weighted by molar-refractivity contribution is 7.89. The molecule has 204 valence electrons.